The van der Waals surface area contributed by atoms with E-state index in [1.807, 2.05) is 31.2 Å². The maximum Gasteiger partial charge on any atom is 0.414 e. The van der Waals surface area contributed by atoms with Crippen LogP contribution >= 0.6 is 0 Å². The molecular weight excluding hydrogens is 346 g/mol. The summed E-state index contributed by atoms with van der Waals surface area (Å²) in [6.07, 6.45) is -0.318. The summed E-state index contributed by atoms with van der Waals surface area (Å²) in [5.41, 5.74) is 2.76. The van der Waals surface area contributed by atoms with Crippen molar-refractivity contribution < 1.29 is 14.3 Å². The molecule has 0 atom stereocenters. The average Bonchev–Trinajstić information content (AvgIpc) is 3.07. The maximum absolute atomic E-state index is 11.8. The number of likely N-dealkylation sites (N-methyl/N-ethyl adjacent to an activating group) is 1. The van der Waals surface area contributed by atoms with Crippen molar-refractivity contribution in [3.05, 3.63) is 42.0 Å². The number of aliphatic imine (C=N–C) groups is 1. The first-order valence-corrected chi connectivity index (χ1v) is 8.77. The van der Waals surface area contributed by atoms with Crippen LogP contribution < -0.4 is 15.5 Å². The molecule has 1 fully saturated rings. The number of ether oxygens (including phenoxy) is 1. The fourth-order valence-corrected chi connectivity index (χ4v) is 2.31. The highest BCUT2D eigenvalue weighted by Crippen LogP contribution is 2.19. The number of cyclic esters (lactones) is 1. The van der Waals surface area contributed by atoms with Gasteiger partial charge in [-0.2, -0.15) is 0 Å². The Morgan fingerprint density at radius 2 is 1.93 bits per heavy atom. The minimum Gasteiger partial charge on any atom is -0.447 e. The van der Waals surface area contributed by atoms with E-state index in [1.54, 1.807) is 19.0 Å². The number of carbonyl (C=O) groups excluding carboxylic acids is 2. The molecule has 1 aliphatic heterocycles. The molecule has 0 unspecified atom stereocenters. The van der Waals surface area contributed by atoms with Crippen LogP contribution in [0.5, 0.6) is 0 Å². The number of amides is 2. The molecule has 2 amide bonds. The number of nitrogens with one attached hydrogen (secondary N) is 2. The number of rotatable bonds is 7. The van der Waals surface area contributed by atoms with Gasteiger partial charge in [-0.3, -0.25) is 9.69 Å². The first-order chi connectivity index (χ1) is 12.9. The predicted molar refractivity (Wildman–Crippen MR) is 106 cm³/mol. The van der Waals surface area contributed by atoms with Crippen LogP contribution in [0.25, 0.3) is 0 Å². The van der Waals surface area contributed by atoms with Crippen molar-refractivity contribution in [3.8, 4) is 0 Å². The number of carbonyl (C=O) groups is 2. The highest BCUT2D eigenvalue weighted by molar-refractivity contribution is 5.89. The van der Waals surface area contributed by atoms with Crippen LogP contribution in [0.1, 0.15) is 12.5 Å². The second-order valence-corrected chi connectivity index (χ2v) is 6.55. The number of nitrogens with zero attached hydrogens (tertiary/aromatic N) is 3. The van der Waals surface area contributed by atoms with E-state index in [0.717, 1.165) is 16.8 Å². The van der Waals surface area contributed by atoms with E-state index in [2.05, 4.69) is 22.2 Å². The molecule has 0 aliphatic carbocycles. The Kier molecular flexibility index (Phi) is 7.22. The highest BCUT2D eigenvalue weighted by atomic mass is 16.6. The molecular formula is C19H27N5O3. The molecule has 1 aliphatic rings. The molecule has 0 aromatic heterocycles. The van der Waals surface area contributed by atoms with Gasteiger partial charge in [0.1, 0.15) is 6.61 Å². The molecule has 0 bridgehead atoms. The number of hydrogen-bond acceptors (Lipinski definition) is 4. The number of benzene rings is 1. The first-order valence-electron chi connectivity index (χ1n) is 8.77. The van der Waals surface area contributed by atoms with E-state index in [9.17, 15) is 9.59 Å². The van der Waals surface area contributed by atoms with Crippen molar-refractivity contribution in [2.75, 3.05) is 45.2 Å². The lowest BCUT2D eigenvalue weighted by atomic mass is 10.2. The monoisotopic (exact) mass is 373 g/mol. The van der Waals surface area contributed by atoms with Crippen LogP contribution in [0.4, 0.5) is 10.5 Å². The standard InChI is InChI=1S/C19H27N5O3/c1-14(2)11-20-18(22-13-17(25)23(3)4)21-12-15-5-7-16(8-6-15)24-9-10-27-19(24)26/h5-8H,1,9-13H2,2-4H3,(H2,20,21,22). The van der Waals surface area contributed by atoms with Gasteiger partial charge >= 0.3 is 6.09 Å². The van der Waals surface area contributed by atoms with E-state index < -0.39 is 0 Å². The third-order valence-electron chi connectivity index (χ3n) is 3.89. The third-order valence-corrected chi connectivity index (χ3v) is 3.89. The SMILES string of the molecule is C=C(C)CNC(=NCc1ccc(N2CCOC2=O)cc1)NCC(=O)N(C)C. The Bertz CT molecular complexity index is 713. The van der Waals surface area contributed by atoms with Crippen molar-refractivity contribution in [1.29, 1.82) is 0 Å². The zero-order chi connectivity index (χ0) is 19.8. The second-order valence-electron chi connectivity index (χ2n) is 6.55. The van der Waals surface area contributed by atoms with Crippen molar-refractivity contribution in [2.45, 2.75) is 13.5 Å². The van der Waals surface area contributed by atoms with E-state index in [-0.39, 0.29) is 18.5 Å². The molecule has 0 spiro atoms. The molecule has 1 saturated heterocycles. The first kappa shape index (κ1) is 20.3. The van der Waals surface area contributed by atoms with E-state index in [4.69, 9.17) is 4.74 Å². The molecule has 0 saturated carbocycles. The smallest absolute Gasteiger partial charge is 0.414 e. The molecule has 1 heterocycles. The van der Waals surface area contributed by atoms with Crippen molar-refractivity contribution in [2.24, 2.45) is 4.99 Å². The third kappa shape index (κ3) is 6.32. The zero-order valence-electron chi connectivity index (χ0n) is 16.1. The van der Waals surface area contributed by atoms with E-state index in [1.165, 1.54) is 4.90 Å². The molecule has 8 nitrogen and oxygen atoms in total. The molecule has 1 aromatic rings. The number of hydrogen-bond donors (Lipinski definition) is 2. The zero-order valence-corrected chi connectivity index (χ0v) is 16.1. The van der Waals surface area contributed by atoms with Gasteiger partial charge in [-0.05, 0) is 24.6 Å². The summed E-state index contributed by atoms with van der Waals surface area (Å²) < 4.78 is 4.95. The summed E-state index contributed by atoms with van der Waals surface area (Å²) in [5.74, 6) is 0.502. The Morgan fingerprint density at radius 1 is 1.26 bits per heavy atom. The van der Waals surface area contributed by atoms with Crippen molar-refractivity contribution in [3.63, 3.8) is 0 Å². The number of guanidine groups is 1. The van der Waals surface area contributed by atoms with Crippen LogP contribution in [-0.4, -0.2) is 63.2 Å². The van der Waals surface area contributed by atoms with Gasteiger partial charge in [0.05, 0.1) is 19.6 Å². The normalized spacial score (nSPS) is 14.0. The fourth-order valence-electron chi connectivity index (χ4n) is 2.31. The van der Waals surface area contributed by atoms with Gasteiger partial charge in [0, 0.05) is 26.3 Å². The molecule has 146 valence electrons. The van der Waals surface area contributed by atoms with Gasteiger partial charge in [-0.25, -0.2) is 9.79 Å². The van der Waals surface area contributed by atoms with Crippen LogP contribution in [-0.2, 0) is 16.1 Å². The summed E-state index contributed by atoms with van der Waals surface area (Å²) in [5, 5.41) is 6.17. The summed E-state index contributed by atoms with van der Waals surface area (Å²) in [4.78, 5) is 31.0. The van der Waals surface area contributed by atoms with E-state index >= 15 is 0 Å². The second kappa shape index (κ2) is 9.61. The molecule has 27 heavy (non-hydrogen) atoms. The van der Waals surface area contributed by atoms with Crippen molar-refractivity contribution in [1.82, 2.24) is 15.5 Å². The molecule has 1 aromatic carbocycles. The summed E-state index contributed by atoms with van der Waals surface area (Å²) in [7, 11) is 3.42. The quantitative estimate of drug-likeness (QED) is 0.428. The lowest BCUT2D eigenvalue weighted by Crippen LogP contribution is -2.43. The lowest BCUT2D eigenvalue weighted by molar-refractivity contribution is -0.127. The van der Waals surface area contributed by atoms with Crippen LogP contribution in [0.2, 0.25) is 0 Å². The largest absolute Gasteiger partial charge is 0.447 e. The molecule has 2 rings (SSSR count). The minimum absolute atomic E-state index is 0.0401. The van der Waals surface area contributed by atoms with Crippen LogP contribution in [0.15, 0.2) is 41.4 Å². The summed E-state index contributed by atoms with van der Waals surface area (Å²) in [6, 6.07) is 7.60. The molecule has 0 radical (unpaired) electrons. The maximum atomic E-state index is 11.8. The fraction of sp³-hybridized carbons (Fsp3) is 0.421. The Labute approximate surface area is 159 Å². The minimum atomic E-state index is -0.318. The Balaban J connectivity index is 1.99. The summed E-state index contributed by atoms with van der Waals surface area (Å²) >= 11 is 0. The lowest BCUT2D eigenvalue weighted by Gasteiger charge is -2.15. The molecule has 2 N–H and O–H groups in total. The predicted octanol–water partition coefficient (Wildman–Crippen LogP) is 1.34. The van der Waals surface area contributed by atoms with Gasteiger partial charge in [0.25, 0.3) is 0 Å². The van der Waals surface area contributed by atoms with Crippen molar-refractivity contribution >= 4 is 23.6 Å². The summed E-state index contributed by atoms with van der Waals surface area (Å²) in [6.45, 7) is 7.92. The number of anilines is 1. The highest BCUT2D eigenvalue weighted by Gasteiger charge is 2.23. The average molecular weight is 373 g/mol. The van der Waals surface area contributed by atoms with Crippen LogP contribution in [0.3, 0.4) is 0 Å². The van der Waals surface area contributed by atoms with E-state index in [0.29, 0.717) is 32.2 Å². The van der Waals surface area contributed by atoms with Gasteiger partial charge in [0.15, 0.2) is 5.96 Å². The molecule has 8 heteroatoms. The topological polar surface area (TPSA) is 86.3 Å². The van der Waals surface area contributed by atoms with Gasteiger partial charge < -0.3 is 20.3 Å². The van der Waals surface area contributed by atoms with Gasteiger partial charge in [0.2, 0.25) is 5.91 Å². The Morgan fingerprint density at radius 3 is 2.48 bits per heavy atom. The van der Waals surface area contributed by atoms with Gasteiger partial charge in [-0.1, -0.05) is 24.3 Å². The van der Waals surface area contributed by atoms with Gasteiger partial charge in [-0.15, -0.1) is 0 Å². The van der Waals surface area contributed by atoms with Crippen LogP contribution in [0, 0.1) is 0 Å². The Hall–Kier alpha value is -3.03.